The Hall–Kier alpha value is -1.59. The Morgan fingerprint density at radius 1 is 1.30 bits per heavy atom. The van der Waals surface area contributed by atoms with Crippen LogP contribution in [0.15, 0.2) is 48.7 Å². The van der Waals surface area contributed by atoms with Crippen LogP contribution in [0.4, 0.5) is 0 Å². The van der Waals surface area contributed by atoms with E-state index in [0.29, 0.717) is 12.1 Å². The summed E-state index contributed by atoms with van der Waals surface area (Å²) < 4.78 is 28.0. The van der Waals surface area contributed by atoms with Crippen LogP contribution in [-0.2, 0) is 16.6 Å². The maximum absolute atomic E-state index is 11.6. The van der Waals surface area contributed by atoms with Gasteiger partial charge < -0.3 is 4.57 Å². The number of para-hydroxylation sites is 1. The van der Waals surface area contributed by atoms with E-state index in [1.165, 1.54) is 10.9 Å². The summed E-state index contributed by atoms with van der Waals surface area (Å²) in [5.41, 5.74) is 1.83. The maximum atomic E-state index is 11.6. The van der Waals surface area contributed by atoms with Gasteiger partial charge in [0.25, 0.3) is 0 Å². The Balaban J connectivity index is 1.86. The first-order chi connectivity index (χ1) is 9.48. The van der Waals surface area contributed by atoms with Gasteiger partial charge in [0, 0.05) is 24.8 Å². The summed E-state index contributed by atoms with van der Waals surface area (Å²) in [6, 6.07) is 10.2. The lowest BCUT2D eigenvalue weighted by molar-refractivity contribution is 0.574. The van der Waals surface area contributed by atoms with Crippen molar-refractivity contribution in [2.24, 2.45) is 0 Å². The van der Waals surface area contributed by atoms with E-state index >= 15 is 0 Å². The Kier molecular flexibility index (Phi) is 4.62. The van der Waals surface area contributed by atoms with Gasteiger partial charge >= 0.3 is 0 Å². The average Bonchev–Trinajstić information content (AvgIpc) is 2.76. The fraction of sp³-hybridized carbons (Fsp3) is 0.333. The smallest absolute Gasteiger partial charge is 0.215 e. The van der Waals surface area contributed by atoms with Crippen LogP contribution < -0.4 is 4.72 Å². The minimum Gasteiger partial charge on any atom is -0.347 e. The minimum atomic E-state index is -3.22. The molecule has 0 saturated carbocycles. The van der Waals surface area contributed by atoms with E-state index in [2.05, 4.69) is 34.1 Å². The average molecular weight is 292 g/mol. The van der Waals surface area contributed by atoms with Crippen LogP contribution in [0.3, 0.4) is 0 Å². The Labute approximate surface area is 120 Å². The number of aromatic nitrogens is 1. The van der Waals surface area contributed by atoms with Crippen LogP contribution in [0.1, 0.15) is 13.3 Å². The van der Waals surface area contributed by atoms with Gasteiger partial charge in [-0.25, -0.2) is 13.1 Å². The molecule has 0 amide bonds. The van der Waals surface area contributed by atoms with E-state index in [4.69, 9.17) is 0 Å². The van der Waals surface area contributed by atoms with Crippen LogP contribution in [0.25, 0.3) is 10.9 Å². The summed E-state index contributed by atoms with van der Waals surface area (Å²) >= 11 is 0. The number of hydrogen-bond donors (Lipinski definition) is 1. The van der Waals surface area contributed by atoms with E-state index in [9.17, 15) is 8.42 Å². The van der Waals surface area contributed by atoms with E-state index < -0.39 is 10.0 Å². The van der Waals surface area contributed by atoms with Gasteiger partial charge in [-0.05, 0) is 30.9 Å². The lowest BCUT2D eigenvalue weighted by Crippen LogP contribution is -2.28. The summed E-state index contributed by atoms with van der Waals surface area (Å²) in [7, 11) is -3.22. The van der Waals surface area contributed by atoms with E-state index in [-0.39, 0.29) is 5.75 Å². The van der Waals surface area contributed by atoms with E-state index in [1.807, 2.05) is 18.3 Å². The van der Waals surface area contributed by atoms with Gasteiger partial charge in [-0.3, -0.25) is 0 Å². The number of fused-ring (bicyclic) bond motifs is 1. The fourth-order valence-electron chi connectivity index (χ4n) is 2.19. The molecular formula is C15H20N2O2S. The highest BCUT2D eigenvalue weighted by atomic mass is 32.2. The molecule has 0 bridgehead atoms. The summed E-state index contributed by atoms with van der Waals surface area (Å²) in [6.07, 6.45) is 2.79. The van der Waals surface area contributed by atoms with Gasteiger partial charge in [0.15, 0.2) is 0 Å². The molecule has 5 heteroatoms. The highest BCUT2D eigenvalue weighted by Crippen LogP contribution is 2.15. The third kappa shape index (κ3) is 3.95. The van der Waals surface area contributed by atoms with Gasteiger partial charge in [-0.15, -0.1) is 0 Å². The second-order valence-corrected chi connectivity index (χ2v) is 6.84. The zero-order chi connectivity index (χ0) is 14.6. The van der Waals surface area contributed by atoms with Crippen LogP contribution in [0, 0.1) is 0 Å². The summed E-state index contributed by atoms with van der Waals surface area (Å²) in [5.74, 6) is -0.000545. The van der Waals surface area contributed by atoms with Gasteiger partial charge in [0.05, 0.1) is 5.75 Å². The zero-order valence-corrected chi connectivity index (χ0v) is 12.5. The van der Waals surface area contributed by atoms with E-state index in [1.54, 1.807) is 6.92 Å². The topological polar surface area (TPSA) is 51.1 Å². The number of nitrogens with one attached hydrogen (secondary N) is 1. The molecule has 0 radical (unpaired) electrons. The van der Waals surface area contributed by atoms with Crippen LogP contribution >= 0.6 is 0 Å². The number of nitrogens with zero attached hydrogens (tertiary/aromatic N) is 1. The van der Waals surface area contributed by atoms with Crippen molar-refractivity contribution in [3.05, 3.63) is 48.7 Å². The SMILES string of the molecule is C=C(C)CS(=O)(=O)NCCCn1ccc2ccccc21. The lowest BCUT2D eigenvalue weighted by atomic mass is 10.2. The van der Waals surface area contributed by atoms with Crippen molar-refractivity contribution in [3.8, 4) is 0 Å². The highest BCUT2D eigenvalue weighted by molar-refractivity contribution is 7.89. The molecular weight excluding hydrogens is 272 g/mol. The molecule has 0 atom stereocenters. The predicted molar refractivity (Wildman–Crippen MR) is 83.2 cm³/mol. The van der Waals surface area contributed by atoms with Crippen molar-refractivity contribution in [3.63, 3.8) is 0 Å². The Morgan fingerprint density at radius 2 is 2.05 bits per heavy atom. The molecule has 1 N–H and O–H groups in total. The maximum Gasteiger partial charge on any atom is 0.215 e. The van der Waals surface area contributed by atoms with Crippen molar-refractivity contribution in [1.82, 2.24) is 9.29 Å². The molecule has 0 aliphatic heterocycles. The van der Waals surface area contributed by atoms with Crippen LogP contribution in [0.2, 0.25) is 0 Å². The Morgan fingerprint density at radius 3 is 2.80 bits per heavy atom. The first-order valence-corrected chi connectivity index (χ1v) is 8.29. The second-order valence-electron chi connectivity index (χ2n) is 5.03. The van der Waals surface area contributed by atoms with Crippen molar-refractivity contribution >= 4 is 20.9 Å². The normalized spacial score (nSPS) is 11.8. The summed E-state index contributed by atoms with van der Waals surface area (Å²) in [5, 5.41) is 1.20. The van der Waals surface area contributed by atoms with Crippen molar-refractivity contribution in [2.75, 3.05) is 12.3 Å². The highest BCUT2D eigenvalue weighted by Gasteiger charge is 2.09. The first-order valence-electron chi connectivity index (χ1n) is 6.63. The monoisotopic (exact) mass is 292 g/mol. The van der Waals surface area contributed by atoms with Crippen molar-refractivity contribution in [2.45, 2.75) is 19.9 Å². The quantitative estimate of drug-likeness (QED) is 0.630. The third-order valence-electron chi connectivity index (χ3n) is 3.01. The van der Waals surface area contributed by atoms with Crippen molar-refractivity contribution < 1.29 is 8.42 Å². The molecule has 0 saturated heterocycles. The van der Waals surface area contributed by atoms with E-state index in [0.717, 1.165) is 13.0 Å². The van der Waals surface area contributed by atoms with Crippen LogP contribution in [-0.4, -0.2) is 25.3 Å². The fourth-order valence-corrected chi connectivity index (χ4v) is 3.39. The van der Waals surface area contributed by atoms with Gasteiger partial charge in [-0.1, -0.05) is 30.4 Å². The molecule has 0 fully saturated rings. The number of rotatable bonds is 7. The standard InChI is InChI=1S/C15H20N2O2S/c1-13(2)12-20(18,19)16-9-5-10-17-11-8-14-6-3-4-7-15(14)17/h3-4,6-8,11,16H,1,5,9-10,12H2,2H3. The molecule has 0 spiro atoms. The molecule has 0 unspecified atom stereocenters. The van der Waals surface area contributed by atoms with Gasteiger partial charge in [0.2, 0.25) is 10.0 Å². The van der Waals surface area contributed by atoms with Gasteiger partial charge in [0.1, 0.15) is 0 Å². The Bertz CT molecular complexity index is 701. The third-order valence-corrected chi connectivity index (χ3v) is 4.53. The summed E-state index contributed by atoms with van der Waals surface area (Å²) in [6.45, 7) is 6.57. The van der Waals surface area contributed by atoms with Gasteiger partial charge in [-0.2, -0.15) is 0 Å². The molecule has 1 aromatic heterocycles. The zero-order valence-electron chi connectivity index (χ0n) is 11.7. The van der Waals surface area contributed by atoms with Crippen LogP contribution in [0.5, 0.6) is 0 Å². The minimum absolute atomic E-state index is 0.000545. The summed E-state index contributed by atoms with van der Waals surface area (Å²) in [4.78, 5) is 0. The number of sulfonamides is 1. The predicted octanol–water partition coefficient (Wildman–Crippen LogP) is 2.53. The molecule has 4 nitrogen and oxygen atoms in total. The molecule has 2 rings (SSSR count). The second kappa shape index (κ2) is 6.24. The molecule has 1 aromatic carbocycles. The molecule has 0 aliphatic rings. The number of aryl methyl sites for hydroxylation is 1. The molecule has 20 heavy (non-hydrogen) atoms. The molecule has 0 aliphatic carbocycles. The number of hydrogen-bond acceptors (Lipinski definition) is 2. The largest absolute Gasteiger partial charge is 0.347 e. The molecule has 1 heterocycles. The number of benzene rings is 1. The molecule has 108 valence electrons. The first kappa shape index (κ1) is 14.8. The molecule has 2 aromatic rings. The lowest BCUT2D eigenvalue weighted by Gasteiger charge is -2.08. The van der Waals surface area contributed by atoms with Crippen molar-refractivity contribution in [1.29, 1.82) is 0 Å².